The van der Waals surface area contributed by atoms with Gasteiger partial charge in [-0.2, -0.15) is 0 Å². The number of alkyl carbamates (subject to hydrolysis) is 1. The van der Waals surface area contributed by atoms with Gasteiger partial charge in [-0.05, 0) is 48.0 Å². The van der Waals surface area contributed by atoms with E-state index in [0.29, 0.717) is 0 Å². The van der Waals surface area contributed by atoms with Gasteiger partial charge in [-0.25, -0.2) is 9.59 Å². The number of nitrogens with one attached hydrogen (secondary N) is 1. The number of hydrogen-bond donors (Lipinski definition) is 1. The topological polar surface area (TPSA) is 196 Å². The molecule has 0 radical (unpaired) electrons. The summed E-state index contributed by atoms with van der Waals surface area (Å²) in [6, 6.07) is -1.28. The smallest absolute Gasteiger partial charge is 0.408 e. The number of carbonyl (C=O) groups excluding carboxylic acids is 3. The van der Waals surface area contributed by atoms with Crippen molar-refractivity contribution in [2.45, 2.75) is 77.7 Å². The molecule has 0 aromatic carbocycles. The van der Waals surface area contributed by atoms with E-state index in [2.05, 4.69) is 15.0 Å². The van der Waals surface area contributed by atoms with Crippen molar-refractivity contribution < 1.29 is 48.4 Å². The number of hydrogen-bond acceptors (Lipinski definition) is 12. The first kappa shape index (κ1) is 28.6. The lowest BCUT2D eigenvalue weighted by Gasteiger charge is -2.26. The third-order valence-electron chi connectivity index (χ3n) is 3.05. The summed E-state index contributed by atoms with van der Waals surface area (Å²) in [5, 5.41) is 20.6. The van der Waals surface area contributed by atoms with Crippen LogP contribution in [0.2, 0.25) is 0 Å². The Morgan fingerprint density at radius 1 is 0.875 bits per heavy atom. The maximum Gasteiger partial charge on any atom is 0.408 e. The van der Waals surface area contributed by atoms with Crippen LogP contribution in [-0.4, -0.2) is 64.8 Å². The maximum absolute atomic E-state index is 12.4. The zero-order valence-corrected chi connectivity index (χ0v) is 18.8. The molecule has 0 fully saturated rings. The van der Waals surface area contributed by atoms with Crippen molar-refractivity contribution >= 4 is 18.0 Å². The summed E-state index contributed by atoms with van der Waals surface area (Å²) >= 11 is 0. The van der Waals surface area contributed by atoms with Gasteiger partial charge in [0.05, 0.1) is 0 Å². The molecule has 0 unspecified atom stereocenters. The summed E-state index contributed by atoms with van der Waals surface area (Å²) in [5.41, 5.74) is -1.72. The molecule has 32 heavy (non-hydrogen) atoms. The van der Waals surface area contributed by atoms with Gasteiger partial charge in [0.15, 0.2) is 0 Å². The first-order valence-electron chi connectivity index (χ1n) is 9.45. The van der Waals surface area contributed by atoms with Crippen molar-refractivity contribution in [3.8, 4) is 0 Å². The Morgan fingerprint density at radius 3 is 1.75 bits per heavy atom. The minimum absolute atomic E-state index is 0.272. The molecule has 0 aliphatic rings. The van der Waals surface area contributed by atoms with E-state index in [1.165, 1.54) is 0 Å². The molecule has 1 amide bonds. The van der Waals surface area contributed by atoms with Gasteiger partial charge in [0.1, 0.15) is 36.6 Å². The lowest BCUT2D eigenvalue weighted by atomic mass is 10.1. The highest BCUT2D eigenvalue weighted by Gasteiger charge is 2.30. The van der Waals surface area contributed by atoms with E-state index >= 15 is 0 Å². The van der Waals surface area contributed by atoms with Gasteiger partial charge >= 0.3 is 18.0 Å². The molecule has 0 saturated heterocycles. The molecule has 0 saturated carbocycles. The van der Waals surface area contributed by atoms with Gasteiger partial charge in [0.25, 0.3) is 10.2 Å². The van der Waals surface area contributed by atoms with Gasteiger partial charge in [0.2, 0.25) is 0 Å². The zero-order valence-electron chi connectivity index (χ0n) is 18.8. The van der Waals surface area contributed by atoms with Crippen LogP contribution in [0.4, 0.5) is 4.79 Å². The van der Waals surface area contributed by atoms with E-state index < -0.39 is 71.2 Å². The molecule has 15 nitrogen and oxygen atoms in total. The van der Waals surface area contributed by atoms with E-state index in [1.807, 2.05) is 0 Å². The monoisotopic (exact) mass is 467 g/mol. The summed E-state index contributed by atoms with van der Waals surface area (Å²) in [5.74, 6) is -1.81. The molecule has 1 N–H and O–H groups in total. The molecule has 1 atom stereocenters. The van der Waals surface area contributed by atoms with Gasteiger partial charge < -0.3 is 29.2 Å². The number of amides is 1. The summed E-state index contributed by atoms with van der Waals surface area (Å²) in [7, 11) is 0. The quantitative estimate of drug-likeness (QED) is 0.187. The van der Waals surface area contributed by atoms with E-state index in [4.69, 9.17) is 14.2 Å². The van der Waals surface area contributed by atoms with Crippen LogP contribution in [-0.2, 0) is 33.5 Å². The molecule has 0 rings (SSSR count). The zero-order chi connectivity index (χ0) is 25.1. The molecule has 0 aliphatic heterocycles. The second-order valence-corrected chi connectivity index (χ2v) is 8.42. The normalized spacial score (nSPS) is 12.3. The van der Waals surface area contributed by atoms with Crippen LogP contribution < -0.4 is 5.32 Å². The van der Waals surface area contributed by atoms with E-state index in [-0.39, 0.29) is 6.42 Å². The third-order valence-corrected chi connectivity index (χ3v) is 3.05. The van der Waals surface area contributed by atoms with Crippen molar-refractivity contribution in [1.82, 2.24) is 5.32 Å². The number of carbonyl (C=O) groups is 3. The highest BCUT2D eigenvalue weighted by molar-refractivity contribution is 5.82. The van der Waals surface area contributed by atoms with Crippen LogP contribution in [0, 0.1) is 20.2 Å². The minimum Gasteiger partial charge on any atom is -0.458 e. The Bertz CT molecular complexity index is 665. The summed E-state index contributed by atoms with van der Waals surface area (Å²) in [6.07, 6.45) is -3.10. The van der Waals surface area contributed by atoms with Crippen LogP contribution in [0.1, 0.15) is 54.4 Å². The predicted octanol–water partition coefficient (Wildman–Crippen LogP) is 1.33. The van der Waals surface area contributed by atoms with Crippen LogP contribution in [0.15, 0.2) is 0 Å². The van der Waals surface area contributed by atoms with Gasteiger partial charge in [-0.1, -0.05) is 0 Å². The second kappa shape index (κ2) is 12.5. The van der Waals surface area contributed by atoms with Crippen molar-refractivity contribution in [2.75, 3.05) is 13.2 Å². The Morgan fingerprint density at radius 2 is 1.34 bits per heavy atom. The van der Waals surface area contributed by atoms with Crippen LogP contribution >= 0.6 is 0 Å². The fourth-order valence-corrected chi connectivity index (χ4v) is 1.98. The second-order valence-electron chi connectivity index (χ2n) is 8.42. The number of ether oxygens (including phenoxy) is 3. The molecular weight excluding hydrogens is 438 g/mol. The van der Waals surface area contributed by atoms with Crippen LogP contribution in [0.25, 0.3) is 0 Å². The number of nitrogens with zero attached hydrogens (tertiary/aromatic N) is 2. The van der Waals surface area contributed by atoms with Gasteiger partial charge in [-0.3, -0.25) is 4.79 Å². The summed E-state index contributed by atoms with van der Waals surface area (Å²) < 4.78 is 15.2. The molecule has 0 aromatic rings. The first-order valence-corrected chi connectivity index (χ1v) is 9.45. The summed E-state index contributed by atoms with van der Waals surface area (Å²) in [6.45, 7) is 8.07. The molecule has 0 bridgehead atoms. The van der Waals surface area contributed by atoms with Crippen molar-refractivity contribution in [3.63, 3.8) is 0 Å². The highest BCUT2D eigenvalue weighted by Crippen LogP contribution is 2.13. The molecular formula is C17H29N3O12. The van der Waals surface area contributed by atoms with Gasteiger partial charge in [-0.15, -0.1) is 20.2 Å². The maximum atomic E-state index is 12.4. The Hall–Kier alpha value is -3.39. The van der Waals surface area contributed by atoms with E-state index in [0.717, 1.165) is 0 Å². The molecule has 184 valence electrons. The average molecular weight is 467 g/mol. The fraction of sp³-hybridized carbons (Fsp3) is 0.824. The highest BCUT2D eigenvalue weighted by atomic mass is 17.0. The largest absolute Gasteiger partial charge is 0.458 e. The molecule has 15 heteroatoms. The fourth-order valence-electron chi connectivity index (χ4n) is 1.98. The van der Waals surface area contributed by atoms with Gasteiger partial charge in [0, 0.05) is 6.42 Å². The number of esters is 2. The Kier molecular flexibility index (Phi) is 11.1. The van der Waals surface area contributed by atoms with Crippen LogP contribution in [0.5, 0.6) is 0 Å². The molecule has 0 spiro atoms. The first-order chi connectivity index (χ1) is 14.5. The average Bonchev–Trinajstić information content (AvgIpc) is 2.57. The Balaban J connectivity index is 5.09. The molecule has 0 aliphatic carbocycles. The predicted molar refractivity (Wildman–Crippen MR) is 104 cm³/mol. The van der Waals surface area contributed by atoms with Crippen molar-refractivity contribution in [2.24, 2.45) is 0 Å². The Labute approximate surface area is 183 Å². The van der Waals surface area contributed by atoms with Crippen LogP contribution in [0.3, 0.4) is 0 Å². The van der Waals surface area contributed by atoms with E-state index in [1.54, 1.807) is 41.5 Å². The number of rotatable bonds is 12. The lowest BCUT2D eigenvalue weighted by molar-refractivity contribution is -0.768. The minimum atomic E-state index is -1.46. The SMILES string of the molecule is CC(C)(C)OC(=O)N[C@@H](CCC(=O)OC(CO[N+](=O)[O-])CO[N+](=O)[O-])C(=O)OC(C)(C)C. The lowest BCUT2D eigenvalue weighted by Crippen LogP contribution is -2.46. The third kappa shape index (κ3) is 15.4. The van der Waals surface area contributed by atoms with Crippen molar-refractivity contribution in [1.29, 1.82) is 0 Å². The molecule has 0 heterocycles. The standard InChI is InChI=1S/C17H29N3O12/c1-16(2,3)31-14(22)12(18-15(23)32-17(4,5)6)7-8-13(21)30-11(9-28-19(24)25)10-29-20(26)27/h11-12H,7-10H2,1-6H3,(H,18,23)/t12-/m0/s1. The van der Waals surface area contributed by atoms with E-state index in [9.17, 15) is 34.6 Å². The molecule has 0 aromatic heterocycles. The summed E-state index contributed by atoms with van der Waals surface area (Å²) in [4.78, 5) is 65.3. The van der Waals surface area contributed by atoms with Crippen molar-refractivity contribution in [3.05, 3.63) is 20.2 Å².